The van der Waals surface area contributed by atoms with E-state index in [1.54, 1.807) is 24.3 Å². The van der Waals surface area contributed by atoms with Crippen LogP contribution in [0.2, 0.25) is 0 Å². The van der Waals surface area contributed by atoms with E-state index in [1.165, 1.54) is 7.11 Å². The molecule has 26 heavy (non-hydrogen) atoms. The highest BCUT2D eigenvalue weighted by atomic mass is 19.4. The van der Waals surface area contributed by atoms with Crippen molar-refractivity contribution in [3.63, 3.8) is 0 Å². The molecule has 0 saturated heterocycles. The van der Waals surface area contributed by atoms with Gasteiger partial charge in [0.05, 0.1) is 24.9 Å². The van der Waals surface area contributed by atoms with E-state index in [-0.39, 0.29) is 12.2 Å². The number of rotatable bonds is 5. The molecule has 0 aliphatic carbocycles. The minimum atomic E-state index is -4.44. The number of alkyl halides is 3. The lowest BCUT2D eigenvalue weighted by Gasteiger charge is -2.11. The lowest BCUT2D eigenvalue weighted by molar-refractivity contribution is -0.137. The number of anilines is 2. The number of methoxy groups -OCH3 is 1. The largest absolute Gasteiger partial charge is 0.495 e. The summed E-state index contributed by atoms with van der Waals surface area (Å²) in [5.74, 6) is -0.128. The monoisotopic (exact) mass is 367 g/mol. The van der Waals surface area contributed by atoms with Crippen LogP contribution in [0, 0.1) is 0 Å². The van der Waals surface area contributed by atoms with Gasteiger partial charge in [0.25, 0.3) is 0 Å². The average Bonchev–Trinajstić information content (AvgIpc) is 2.60. The number of nitrogens with one attached hydrogen (secondary N) is 3. The summed E-state index contributed by atoms with van der Waals surface area (Å²) in [6, 6.07) is 10.1. The van der Waals surface area contributed by atoms with Crippen LogP contribution in [0.5, 0.6) is 5.75 Å². The van der Waals surface area contributed by atoms with Crippen LogP contribution in [0.15, 0.2) is 48.5 Å². The number of benzene rings is 2. The first-order chi connectivity index (χ1) is 12.3. The van der Waals surface area contributed by atoms with E-state index in [2.05, 4.69) is 16.0 Å². The maximum absolute atomic E-state index is 12.5. The second-order valence-electron chi connectivity index (χ2n) is 5.13. The third kappa shape index (κ3) is 5.40. The molecule has 0 radical (unpaired) electrons. The van der Waals surface area contributed by atoms with Crippen LogP contribution in [0.4, 0.5) is 29.3 Å². The summed E-state index contributed by atoms with van der Waals surface area (Å²) in [6.07, 6.45) is -4.44. The van der Waals surface area contributed by atoms with Gasteiger partial charge in [0.15, 0.2) is 0 Å². The summed E-state index contributed by atoms with van der Waals surface area (Å²) in [5.41, 5.74) is -0.199. The van der Waals surface area contributed by atoms with Gasteiger partial charge in [0.2, 0.25) is 5.91 Å². The Hall–Kier alpha value is -3.23. The molecule has 0 aliphatic rings. The summed E-state index contributed by atoms with van der Waals surface area (Å²) < 4.78 is 42.5. The van der Waals surface area contributed by atoms with E-state index in [1.807, 2.05) is 0 Å². The van der Waals surface area contributed by atoms with Crippen molar-refractivity contribution in [1.29, 1.82) is 0 Å². The Morgan fingerprint density at radius 2 is 1.65 bits per heavy atom. The van der Waals surface area contributed by atoms with Crippen molar-refractivity contribution in [2.45, 2.75) is 6.18 Å². The zero-order valence-electron chi connectivity index (χ0n) is 13.7. The number of ether oxygens (including phenoxy) is 1. The van der Waals surface area contributed by atoms with Gasteiger partial charge in [-0.25, -0.2) is 4.79 Å². The molecular formula is C17H16F3N3O3. The summed E-state index contributed by atoms with van der Waals surface area (Å²) in [6.45, 7) is -0.359. The average molecular weight is 367 g/mol. The number of para-hydroxylation sites is 2. The van der Waals surface area contributed by atoms with Crippen LogP contribution < -0.4 is 20.7 Å². The van der Waals surface area contributed by atoms with Gasteiger partial charge < -0.3 is 20.7 Å². The molecule has 6 nitrogen and oxygen atoms in total. The van der Waals surface area contributed by atoms with Gasteiger partial charge in [0, 0.05) is 5.69 Å². The predicted octanol–water partition coefficient (Wildman–Crippen LogP) is 3.47. The molecule has 2 rings (SSSR count). The third-order valence-corrected chi connectivity index (χ3v) is 3.26. The van der Waals surface area contributed by atoms with Crippen molar-refractivity contribution in [3.05, 3.63) is 54.1 Å². The maximum atomic E-state index is 12.5. The van der Waals surface area contributed by atoms with E-state index in [9.17, 15) is 22.8 Å². The molecule has 138 valence electrons. The number of carbonyl (C=O) groups excluding carboxylic acids is 2. The van der Waals surface area contributed by atoms with Crippen molar-refractivity contribution in [2.75, 3.05) is 24.3 Å². The number of hydrogen-bond donors (Lipinski definition) is 3. The van der Waals surface area contributed by atoms with Gasteiger partial charge in [-0.15, -0.1) is 0 Å². The SMILES string of the molecule is COc1ccccc1NC(=O)NCC(=O)Nc1ccc(C(F)(F)F)cc1. The molecule has 0 aliphatic heterocycles. The van der Waals surface area contributed by atoms with Gasteiger partial charge in [-0.1, -0.05) is 12.1 Å². The lowest BCUT2D eigenvalue weighted by atomic mass is 10.2. The van der Waals surface area contributed by atoms with Crippen LogP contribution >= 0.6 is 0 Å². The number of amides is 3. The minimum absolute atomic E-state index is 0.190. The lowest BCUT2D eigenvalue weighted by Crippen LogP contribution is -2.35. The molecule has 0 unspecified atom stereocenters. The normalized spacial score (nSPS) is 10.8. The third-order valence-electron chi connectivity index (χ3n) is 3.26. The molecule has 3 amide bonds. The second-order valence-corrected chi connectivity index (χ2v) is 5.13. The molecule has 0 bridgehead atoms. The van der Waals surface area contributed by atoms with E-state index >= 15 is 0 Å². The topological polar surface area (TPSA) is 79.5 Å². The van der Waals surface area contributed by atoms with Crippen molar-refractivity contribution in [3.8, 4) is 5.75 Å². The molecule has 0 atom stereocenters. The summed E-state index contributed by atoms with van der Waals surface area (Å²) in [5, 5.41) is 7.25. The van der Waals surface area contributed by atoms with Gasteiger partial charge in [-0.05, 0) is 36.4 Å². The first-order valence-electron chi connectivity index (χ1n) is 7.44. The molecule has 0 heterocycles. The molecule has 0 aromatic heterocycles. The van der Waals surface area contributed by atoms with E-state index in [4.69, 9.17) is 4.74 Å². The van der Waals surface area contributed by atoms with Gasteiger partial charge in [-0.2, -0.15) is 13.2 Å². The fourth-order valence-electron chi connectivity index (χ4n) is 2.02. The van der Waals surface area contributed by atoms with Gasteiger partial charge in [-0.3, -0.25) is 4.79 Å². The maximum Gasteiger partial charge on any atom is 0.416 e. The Morgan fingerprint density at radius 3 is 2.27 bits per heavy atom. The van der Waals surface area contributed by atoms with Crippen molar-refractivity contribution < 1.29 is 27.5 Å². The van der Waals surface area contributed by atoms with Crippen molar-refractivity contribution in [2.24, 2.45) is 0 Å². The highest BCUT2D eigenvalue weighted by Crippen LogP contribution is 2.29. The smallest absolute Gasteiger partial charge is 0.416 e. The van der Waals surface area contributed by atoms with Crippen LogP contribution in [0.25, 0.3) is 0 Å². The van der Waals surface area contributed by atoms with Crippen LogP contribution in [0.3, 0.4) is 0 Å². The molecule has 3 N–H and O–H groups in total. The fourth-order valence-corrected chi connectivity index (χ4v) is 2.02. The van der Waals surface area contributed by atoms with Crippen LogP contribution in [-0.4, -0.2) is 25.6 Å². The Balaban J connectivity index is 1.84. The molecule has 0 fully saturated rings. The first kappa shape index (κ1) is 19.1. The van der Waals surface area contributed by atoms with E-state index in [0.717, 1.165) is 24.3 Å². The van der Waals surface area contributed by atoms with Crippen molar-refractivity contribution >= 4 is 23.3 Å². The van der Waals surface area contributed by atoms with Crippen LogP contribution in [0.1, 0.15) is 5.56 Å². The molecule has 0 spiro atoms. The predicted molar refractivity (Wildman–Crippen MR) is 90.1 cm³/mol. The van der Waals surface area contributed by atoms with Gasteiger partial charge >= 0.3 is 12.2 Å². The molecular weight excluding hydrogens is 351 g/mol. The summed E-state index contributed by atoms with van der Waals surface area (Å²) in [7, 11) is 1.45. The number of halogens is 3. The second kappa shape index (κ2) is 8.24. The molecule has 0 saturated carbocycles. The Labute approximate surface area is 147 Å². The standard InChI is InChI=1S/C17H16F3N3O3/c1-26-14-5-3-2-4-13(14)23-16(25)21-10-15(24)22-12-8-6-11(7-9-12)17(18,19)20/h2-9H,10H2,1H3,(H,22,24)(H2,21,23,25). The zero-order chi connectivity index (χ0) is 19.2. The highest BCUT2D eigenvalue weighted by molar-refractivity contribution is 5.97. The minimum Gasteiger partial charge on any atom is -0.495 e. The quantitative estimate of drug-likeness (QED) is 0.757. The Bertz CT molecular complexity index is 777. The fraction of sp³-hybridized carbons (Fsp3) is 0.176. The Kier molecular flexibility index (Phi) is 6.05. The van der Waals surface area contributed by atoms with Crippen LogP contribution in [-0.2, 0) is 11.0 Å². The Morgan fingerprint density at radius 1 is 1.00 bits per heavy atom. The molecule has 2 aromatic rings. The van der Waals surface area contributed by atoms with Gasteiger partial charge in [0.1, 0.15) is 5.75 Å². The molecule has 9 heteroatoms. The number of urea groups is 1. The van der Waals surface area contributed by atoms with E-state index < -0.39 is 23.7 Å². The highest BCUT2D eigenvalue weighted by Gasteiger charge is 2.29. The van der Waals surface area contributed by atoms with E-state index in [0.29, 0.717) is 11.4 Å². The molecule has 2 aromatic carbocycles. The zero-order valence-corrected chi connectivity index (χ0v) is 13.7. The summed E-state index contributed by atoms with van der Waals surface area (Å²) in [4.78, 5) is 23.6. The number of carbonyl (C=O) groups is 2. The first-order valence-corrected chi connectivity index (χ1v) is 7.44. The number of hydrogen-bond acceptors (Lipinski definition) is 3. The van der Waals surface area contributed by atoms with Crippen molar-refractivity contribution in [1.82, 2.24) is 5.32 Å². The summed E-state index contributed by atoms with van der Waals surface area (Å²) >= 11 is 0.